The molecule has 1 N–H and O–H groups in total. The van der Waals surface area contributed by atoms with Crippen LogP contribution < -0.4 is 5.32 Å². The summed E-state index contributed by atoms with van der Waals surface area (Å²) in [5, 5.41) is 2.48. The first-order valence-corrected chi connectivity index (χ1v) is 5.80. The van der Waals surface area contributed by atoms with E-state index >= 15 is 0 Å². The van der Waals surface area contributed by atoms with Crippen LogP contribution in [0.15, 0.2) is 24.3 Å². The quantitative estimate of drug-likeness (QED) is 0.802. The number of carbonyl (C=O) groups is 3. The molecule has 0 saturated heterocycles. The highest BCUT2D eigenvalue weighted by Crippen LogP contribution is 2.25. The fraction of sp³-hybridized carbons (Fsp3) is 0.308. The molecule has 0 radical (unpaired) electrons. The molecule has 0 saturated carbocycles. The van der Waals surface area contributed by atoms with E-state index in [1.54, 1.807) is 31.2 Å². The third kappa shape index (κ3) is 1.68. The predicted molar refractivity (Wildman–Crippen MR) is 65.1 cm³/mol. The summed E-state index contributed by atoms with van der Waals surface area (Å²) in [5.74, 6) is -1.12. The minimum Gasteiger partial charge on any atom is -0.357 e. The molecule has 1 aromatic carbocycles. The summed E-state index contributed by atoms with van der Waals surface area (Å²) in [6.07, 6.45) is 0.394. The van der Waals surface area contributed by atoms with Crippen LogP contribution in [0.5, 0.6) is 0 Å². The van der Waals surface area contributed by atoms with Crippen LogP contribution in [0.2, 0.25) is 0 Å². The highest BCUT2D eigenvalue weighted by molar-refractivity contribution is 6.22. The molecule has 18 heavy (non-hydrogen) atoms. The van der Waals surface area contributed by atoms with E-state index in [9.17, 15) is 14.4 Å². The summed E-state index contributed by atoms with van der Waals surface area (Å²) in [6.45, 7) is 1.77. The van der Waals surface area contributed by atoms with Crippen molar-refractivity contribution in [2.75, 3.05) is 7.05 Å². The maximum absolute atomic E-state index is 12.2. The summed E-state index contributed by atoms with van der Waals surface area (Å²) in [7, 11) is 1.49. The van der Waals surface area contributed by atoms with Gasteiger partial charge in [0.05, 0.1) is 11.1 Å². The molecule has 1 unspecified atom stereocenters. The van der Waals surface area contributed by atoms with Crippen molar-refractivity contribution in [2.24, 2.45) is 0 Å². The number of nitrogens with zero attached hydrogens (tertiary/aromatic N) is 1. The molecule has 1 aromatic rings. The monoisotopic (exact) mass is 246 g/mol. The lowest BCUT2D eigenvalue weighted by Gasteiger charge is -2.23. The van der Waals surface area contributed by atoms with Gasteiger partial charge in [0.25, 0.3) is 11.8 Å². The van der Waals surface area contributed by atoms with Crippen molar-refractivity contribution < 1.29 is 14.4 Å². The van der Waals surface area contributed by atoms with Gasteiger partial charge < -0.3 is 5.32 Å². The number of amides is 3. The number of benzene rings is 1. The number of carbonyl (C=O) groups excluding carboxylic acids is 3. The molecular weight excluding hydrogens is 232 g/mol. The third-order valence-electron chi connectivity index (χ3n) is 3.07. The van der Waals surface area contributed by atoms with Crippen LogP contribution in [0.1, 0.15) is 34.1 Å². The Balaban J connectivity index is 2.41. The van der Waals surface area contributed by atoms with Crippen LogP contribution in [-0.2, 0) is 4.79 Å². The van der Waals surface area contributed by atoms with E-state index in [1.807, 2.05) is 0 Å². The fourth-order valence-corrected chi connectivity index (χ4v) is 2.14. The zero-order chi connectivity index (χ0) is 13.3. The van der Waals surface area contributed by atoms with Gasteiger partial charge in [-0.2, -0.15) is 0 Å². The molecule has 0 fully saturated rings. The highest BCUT2D eigenvalue weighted by atomic mass is 16.2. The Morgan fingerprint density at radius 2 is 1.72 bits per heavy atom. The third-order valence-corrected chi connectivity index (χ3v) is 3.07. The molecule has 0 aromatic heterocycles. The Kier molecular flexibility index (Phi) is 3.14. The predicted octanol–water partition coefficient (Wildman–Crippen LogP) is 0.807. The van der Waals surface area contributed by atoms with Gasteiger partial charge in [-0.05, 0) is 18.6 Å². The smallest absolute Gasteiger partial charge is 0.262 e. The molecular formula is C13H14N2O3. The maximum Gasteiger partial charge on any atom is 0.262 e. The second-order valence-electron chi connectivity index (χ2n) is 4.06. The van der Waals surface area contributed by atoms with Gasteiger partial charge in [0.1, 0.15) is 6.04 Å². The van der Waals surface area contributed by atoms with Crippen molar-refractivity contribution in [3.05, 3.63) is 35.4 Å². The van der Waals surface area contributed by atoms with Crippen LogP contribution in [0.25, 0.3) is 0 Å². The second kappa shape index (κ2) is 4.60. The van der Waals surface area contributed by atoms with Crippen molar-refractivity contribution in [2.45, 2.75) is 19.4 Å². The topological polar surface area (TPSA) is 66.5 Å². The van der Waals surface area contributed by atoms with Crippen molar-refractivity contribution >= 4 is 17.7 Å². The van der Waals surface area contributed by atoms with Crippen LogP contribution >= 0.6 is 0 Å². The fourth-order valence-electron chi connectivity index (χ4n) is 2.14. The zero-order valence-corrected chi connectivity index (χ0v) is 10.3. The van der Waals surface area contributed by atoms with Crippen molar-refractivity contribution in [1.82, 2.24) is 10.2 Å². The molecule has 2 rings (SSSR count). The Morgan fingerprint density at radius 1 is 1.22 bits per heavy atom. The minimum atomic E-state index is -0.748. The van der Waals surface area contributed by atoms with Gasteiger partial charge in [-0.1, -0.05) is 19.1 Å². The molecule has 0 spiro atoms. The Morgan fingerprint density at radius 3 is 2.11 bits per heavy atom. The molecule has 1 heterocycles. The van der Waals surface area contributed by atoms with Crippen molar-refractivity contribution in [3.63, 3.8) is 0 Å². The normalized spacial score (nSPS) is 15.6. The molecule has 5 nitrogen and oxygen atoms in total. The molecule has 3 amide bonds. The molecule has 1 aliphatic rings. The van der Waals surface area contributed by atoms with E-state index < -0.39 is 17.9 Å². The Bertz CT molecular complexity index is 490. The molecule has 0 aliphatic carbocycles. The average Bonchev–Trinajstić information content (AvgIpc) is 2.65. The van der Waals surface area contributed by atoms with Crippen LogP contribution in [0.4, 0.5) is 0 Å². The number of rotatable bonds is 3. The number of fused-ring (bicyclic) bond motifs is 1. The average molecular weight is 246 g/mol. The van der Waals surface area contributed by atoms with Gasteiger partial charge in [-0.3, -0.25) is 19.3 Å². The highest BCUT2D eigenvalue weighted by Gasteiger charge is 2.41. The lowest BCUT2D eigenvalue weighted by atomic mass is 10.1. The molecule has 5 heteroatoms. The van der Waals surface area contributed by atoms with Crippen LogP contribution in [0.3, 0.4) is 0 Å². The first-order valence-electron chi connectivity index (χ1n) is 5.80. The summed E-state index contributed by atoms with van der Waals surface area (Å²) in [6, 6.07) is 5.86. The summed E-state index contributed by atoms with van der Waals surface area (Å²) < 4.78 is 0. The van der Waals surface area contributed by atoms with Gasteiger partial charge in [0.2, 0.25) is 5.91 Å². The van der Waals surface area contributed by atoms with Crippen molar-refractivity contribution in [1.29, 1.82) is 0 Å². The Hall–Kier alpha value is -2.17. The number of hydrogen-bond acceptors (Lipinski definition) is 3. The lowest BCUT2D eigenvalue weighted by Crippen LogP contribution is -2.48. The first-order chi connectivity index (χ1) is 8.61. The number of likely N-dealkylation sites (N-methyl/N-ethyl adjacent to an activating group) is 1. The summed E-state index contributed by atoms with van der Waals surface area (Å²) in [5.41, 5.74) is 0.731. The first kappa shape index (κ1) is 12.3. The van der Waals surface area contributed by atoms with Crippen LogP contribution in [0, 0.1) is 0 Å². The minimum absolute atomic E-state index is 0.327. The number of nitrogens with one attached hydrogen (secondary N) is 1. The van der Waals surface area contributed by atoms with E-state index in [2.05, 4.69) is 5.32 Å². The van der Waals surface area contributed by atoms with Gasteiger partial charge >= 0.3 is 0 Å². The molecule has 94 valence electrons. The lowest BCUT2D eigenvalue weighted by molar-refractivity contribution is -0.124. The summed E-state index contributed by atoms with van der Waals surface area (Å²) in [4.78, 5) is 37.1. The van der Waals surface area contributed by atoms with E-state index in [0.717, 1.165) is 4.90 Å². The van der Waals surface area contributed by atoms with Crippen molar-refractivity contribution in [3.8, 4) is 0 Å². The van der Waals surface area contributed by atoms with Gasteiger partial charge in [-0.15, -0.1) is 0 Å². The molecule has 1 aliphatic heterocycles. The van der Waals surface area contributed by atoms with Gasteiger partial charge in [0.15, 0.2) is 0 Å². The largest absolute Gasteiger partial charge is 0.357 e. The SMILES string of the molecule is CCC(C(=O)NC)N1C(=O)c2ccccc2C1=O. The van der Waals surface area contributed by atoms with Crippen LogP contribution in [-0.4, -0.2) is 35.7 Å². The van der Waals surface area contributed by atoms with E-state index in [1.165, 1.54) is 7.05 Å². The molecule has 1 atom stereocenters. The second-order valence-corrected chi connectivity index (χ2v) is 4.06. The van der Waals surface area contributed by atoms with E-state index in [0.29, 0.717) is 17.5 Å². The molecule has 0 bridgehead atoms. The standard InChI is InChI=1S/C13H14N2O3/c1-3-10(11(16)14-2)15-12(17)8-6-4-5-7-9(8)13(15)18/h4-7,10H,3H2,1-2H3,(H,14,16). The number of imide groups is 1. The van der Waals surface area contributed by atoms with E-state index in [-0.39, 0.29) is 5.91 Å². The Labute approximate surface area is 105 Å². The van der Waals surface area contributed by atoms with E-state index in [4.69, 9.17) is 0 Å². The maximum atomic E-state index is 12.2. The zero-order valence-electron chi connectivity index (χ0n) is 10.3. The number of hydrogen-bond donors (Lipinski definition) is 1. The van der Waals surface area contributed by atoms with Gasteiger partial charge in [0, 0.05) is 7.05 Å². The summed E-state index contributed by atoms with van der Waals surface area (Å²) >= 11 is 0. The van der Waals surface area contributed by atoms with Gasteiger partial charge in [-0.25, -0.2) is 0 Å².